The highest BCUT2D eigenvalue weighted by Crippen LogP contribution is 2.46. The molecule has 1 aromatic heterocycles. The average molecular weight is 439 g/mol. The summed E-state index contributed by atoms with van der Waals surface area (Å²) in [5.41, 5.74) is 5.01. The molecule has 0 radical (unpaired) electrons. The predicted molar refractivity (Wildman–Crippen MR) is 131 cm³/mol. The van der Waals surface area contributed by atoms with Gasteiger partial charge in [0.15, 0.2) is 0 Å². The molecule has 3 aromatic rings. The van der Waals surface area contributed by atoms with E-state index in [0.717, 1.165) is 28.0 Å². The number of para-hydroxylation sites is 1. The molecule has 4 rings (SSSR count). The molecule has 2 aromatic carbocycles. The van der Waals surface area contributed by atoms with E-state index in [1.165, 1.54) is 0 Å². The monoisotopic (exact) mass is 438 g/mol. The van der Waals surface area contributed by atoms with Crippen LogP contribution in [0, 0.1) is 5.92 Å². The van der Waals surface area contributed by atoms with Gasteiger partial charge in [-0.05, 0) is 48.8 Å². The second kappa shape index (κ2) is 10.1. The number of aliphatic imine (C=N–C) groups is 1. The molecule has 5 nitrogen and oxygen atoms in total. The van der Waals surface area contributed by atoms with Gasteiger partial charge in [-0.3, -0.25) is 14.8 Å². The van der Waals surface area contributed by atoms with Crippen molar-refractivity contribution in [2.45, 2.75) is 19.8 Å². The number of hydrogen-bond acceptors (Lipinski definition) is 4. The number of allylic oxidation sites excluding steroid dienone is 2. The van der Waals surface area contributed by atoms with Crippen LogP contribution in [0.15, 0.2) is 95.9 Å². The van der Waals surface area contributed by atoms with Crippen molar-refractivity contribution in [3.05, 3.63) is 108 Å². The third-order valence-corrected chi connectivity index (χ3v) is 5.77. The summed E-state index contributed by atoms with van der Waals surface area (Å²) in [6.45, 7) is 4.07. The van der Waals surface area contributed by atoms with Crippen LogP contribution in [0.3, 0.4) is 0 Å². The summed E-state index contributed by atoms with van der Waals surface area (Å²) < 4.78 is 6.14. The third kappa shape index (κ3) is 4.93. The van der Waals surface area contributed by atoms with Crippen molar-refractivity contribution in [3.63, 3.8) is 0 Å². The zero-order valence-corrected chi connectivity index (χ0v) is 18.7. The molecular weight excluding hydrogens is 412 g/mol. The van der Waals surface area contributed by atoms with Gasteiger partial charge in [-0.15, -0.1) is 0 Å². The molecule has 1 aliphatic rings. The van der Waals surface area contributed by atoms with Crippen molar-refractivity contribution in [1.82, 2.24) is 4.98 Å². The minimum Gasteiger partial charge on any atom is -0.489 e. The number of pyridine rings is 1. The number of carbonyl (C=O) groups is 1. The van der Waals surface area contributed by atoms with Crippen LogP contribution in [0.2, 0.25) is 0 Å². The summed E-state index contributed by atoms with van der Waals surface area (Å²) in [5, 5.41) is 10.2. The highest BCUT2D eigenvalue weighted by molar-refractivity contribution is 6.06. The molecule has 2 heterocycles. The molecule has 166 valence electrons. The summed E-state index contributed by atoms with van der Waals surface area (Å²) in [6.07, 6.45) is 7.42. The molecule has 5 heteroatoms. The molecule has 0 aliphatic carbocycles. The second-order valence-corrected chi connectivity index (χ2v) is 7.95. The number of carboxylic acids is 1. The number of carboxylic acid groups (broad SMARTS) is 1. The van der Waals surface area contributed by atoms with E-state index in [9.17, 15) is 9.90 Å². The van der Waals surface area contributed by atoms with Crippen molar-refractivity contribution in [2.75, 3.05) is 6.61 Å². The Kier molecular flexibility index (Phi) is 6.79. The molecule has 33 heavy (non-hydrogen) atoms. The number of aromatic nitrogens is 1. The van der Waals surface area contributed by atoms with Gasteiger partial charge in [-0.25, -0.2) is 0 Å². The molecule has 0 amide bonds. The van der Waals surface area contributed by atoms with Gasteiger partial charge in [0, 0.05) is 35.3 Å². The molecule has 0 saturated carbocycles. The van der Waals surface area contributed by atoms with Gasteiger partial charge in [0.2, 0.25) is 0 Å². The smallest absolute Gasteiger partial charge is 0.313 e. The van der Waals surface area contributed by atoms with Crippen molar-refractivity contribution < 1.29 is 14.6 Å². The first-order chi connectivity index (χ1) is 16.1. The van der Waals surface area contributed by atoms with E-state index in [4.69, 9.17) is 4.74 Å². The maximum absolute atomic E-state index is 12.4. The Balaban J connectivity index is 1.71. The number of aliphatic carboxylic acids is 1. The van der Waals surface area contributed by atoms with Crippen LogP contribution >= 0.6 is 0 Å². The first kappa shape index (κ1) is 22.2. The van der Waals surface area contributed by atoms with E-state index in [1.54, 1.807) is 19.3 Å². The lowest BCUT2D eigenvalue weighted by molar-refractivity contribution is -0.139. The van der Waals surface area contributed by atoms with Crippen LogP contribution in [0.4, 0.5) is 0 Å². The first-order valence-corrected chi connectivity index (χ1v) is 10.9. The Bertz CT molecular complexity index is 1210. The Hall–Kier alpha value is -3.99. The summed E-state index contributed by atoms with van der Waals surface area (Å²) in [4.78, 5) is 21.2. The van der Waals surface area contributed by atoms with Crippen molar-refractivity contribution >= 4 is 23.3 Å². The van der Waals surface area contributed by atoms with E-state index in [-0.39, 0.29) is 0 Å². The molecular formula is C28H26N2O3. The number of rotatable bonds is 7. The zero-order chi connectivity index (χ0) is 23.2. The molecule has 1 aliphatic heterocycles. The zero-order valence-electron chi connectivity index (χ0n) is 18.7. The highest BCUT2D eigenvalue weighted by atomic mass is 16.5. The van der Waals surface area contributed by atoms with Crippen LogP contribution in [0.5, 0.6) is 5.75 Å². The van der Waals surface area contributed by atoms with Crippen LogP contribution < -0.4 is 4.74 Å². The minimum absolute atomic E-state index is 0.369. The van der Waals surface area contributed by atoms with Gasteiger partial charge in [0.1, 0.15) is 18.3 Å². The topological polar surface area (TPSA) is 71.8 Å². The van der Waals surface area contributed by atoms with Crippen LogP contribution in [0.1, 0.15) is 36.5 Å². The number of hydrogen-bond donors (Lipinski definition) is 1. The standard InChI is InChI=1S/C28H26N2O3/c1-19-25(22-13-8-16-29-18-22)27(26(28(31)32)20(2)30-19)23-14-6-7-15-24(23)33-17-9-12-21-10-4-3-5-11-21/h3-16,18,26-27H,17H2,1-2H3,(H,31,32). The van der Waals surface area contributed by atoms with Crippen molar-refractivity contribution in [3.8, 4) is 5.75 Å². The number of benzene rings is 2. The maximum Gasteiger partial charge on any atom is 0.313 e. The highest BCUT2D eigenvalue weighted by Gasteiger charge is 2.40. The van der Waals surface area contributed by atoms with Gasteiger partial charge in [0.25, 0.3) is 0 Å². The molecule has 1 N–H and O–H groups in total. The average Bonchev–Trinajstić information content (AvgIpc) is 2.82. The van der Waals surface area contributed by atoms with Crippen LogP contribution in [0.25, 0.3) is 11.6 Å². The fourth-order valence-electron chi connectivity index (χ4n) is 4.35. The molecule has 0 saturated heterocycles. The first-order valence-electron chi connectivity index (χ1n) is 10.9. The molecule has 0 fully saturated rings. The van der Waals surface area contributed by atoms with Gasteiger partial charge in [0.05, 0.1) is 0 Å². The number of nitrogens with zero attached hydrogens (tertiary/aromatic N) is 2. The van der Waals surface area contributed by atoms with Gasteiger partial charge in [-0.2, -0.15) is 0 Å². The van der Waals surface area contributed by atoms with E-state index in [1.807, 2.05) is 85.8 Å². The van der Waals surface area contributed by atoms with E-state index < -0.39 is 17.8 Å². The fourth-order valence-corrected chi connectivity index (χ4v) is 4.35. The van der Waals surface area contributed by atoms with Gasteiger partial charge >= 0.3 is 5.97 Å². The summed E-state index contributed by atoms with van der Waals surface area (Å²) in [6, 6.07) is 21.5. The molecule has 2 atom stereocenters. The Morgan fingerprint density at radius 1 is 1.03 bits per heavy atom. The predicted octanol–water partition coefficient (Wildman–Crippen LogP) is 5.86. The third-order valence-electron chi connectivity index (χ3n) is 5.77. The van der Waals surface area contributed by atoms with Crippen LogP contribution in [-0.4, -0.2) is 28.4 Å². The Morgan fingerprint density at radius 2 is 1.79 bits per heavy atom. The Morgan fingerprint density at radius 3 is 2.52 bits per heavy atom. The molecule has 0 spiro atoms. The van der Waals surface area contributed by atoms with Gasteiger partial charge < -0.3 is 9.84 Å². The maximum atomic E-state index is 12.4. The lowest BCUT2D eigenvalue weighted by atomic mass is 9.73. The van der Waals surface area contributed by atoms with Gasteiger partial charge in [-0.1, -0.05) is 60.7 Å². The molecule has 0 bridgehead atoms. The van der Waals surface area contributed by atoms with E-state index >= 15 is 0 Å². The van der Waals surface area contributed by atoms with E-state index in [2.05, 4.69) is 9.98 Å². The van der Waals surface area contributed by atoms with Crippen molar-refractivity contribution in [1.29, 1.82) is 0 Å². The normalized spacial score (nSPS) is 18.3. The summed E-state index contributed by atoms with van der Waals surface area (Å²) >= 11 is 0. The van der Waals surface area contributed by atoms with E-state index in [0.29, 0.717) is 18.1 Å². The summed E-state index contributed by atoms with van der Waals surface area (Å²) in [7, 11) is 0. The Labute approximate surface area is 193 Å². The fraction of sp³-hybridized carbons (Fsp3) is 0.179. The SMILES string of the molecule is CC1=NC(C)=C(c2cccnc2)C(c2ccccc2OCC=Cc2ccccc2)C1C(=O)O. The second-order valence-electron chi connectivity index (χ2n) is 7.95. The summed E-state index contributed by atoms with van der Waals surface area (Å²) in [5.74, 6) is -1.49. The van der Waals surface area contributed by atoms with Crippen molar-refractivity contribution in [2.24, 2.45) is 10.9 Å². The molecule has 2 unspecified atom stereocenters. The number of ether oxygens (including phenoxy) is 1. The lowest BCUT2D eigenvalue weighted by Gasteiger charge is -2.32. The van der Waals surface area contributed by atoms with Crippen LogP contribution in [-0.2, 0) is 4.79 Å². The quantitative estimate of drug-likeness (QED) is 0.501. The minimum atomic E-state index is -0.908. The largest absolute Gasteiger partial charge is 0.489 e. The lowest BCUT2D eigenvalue weighted by Crippen LogP contribution is -2.32.